The van der Waals surface area contributed by atoms with Gasteiger partial charge in [-0.05, 0) is 73.3 Å². The van der Waals surface area contributed by atoms with E-state index in [0.717, 1.165) is 33.8 Å². The van der Waals surface area contributed by atoms with E-state index >= 15 is 0 Å². The van der Waals surface area contributed by atoms with Crippen LogP contribution < -0.4 is 10.1 Å². The monoisotopic (exact) mass is 343 g/mol. The maximum Gasteiger partial charge on any atom is 0.283 e. The third-order valence-electron chi connectivity index (χ3n) is 4.16. The fourth-order valence-electron chi connectivity index (χ4n) is 2.64. The van der Waals surface area contributed by atoms with Crippen LogP contribution in [0, 0.1) is 20.8 Å². The Hall–Kier alpha value is -1.94. The van der Waals surface area contributed by atoms with Crippen LogP contribution >= 0.6 is 11.8 Å². The van der Waals surface area contributed by atoms with Gasteiger partial charge in [-0.25, -0.2) is 0 Å². The quantitative estimate of drug-likeness (QED) is 0.760. The Kier molecular flexibility index (Phi) is 6.32. The normalized spacial score (nSPS) is 10.5. The molecule has 0 bridgehead atoms. The Morgan fingerprint density at radius 1 is 1.12 bits per heavy atom. The molecule has 0 atom stereocenters. The van der Waals surface area contributed by atoms with Crippen molar-refractivity contribution in [1.82, 2.24) is 5.32 Å². The van der Waals surface area contributed by atoms with Crippen molar-refractivity contribution >= 4 is 17.0 Å². The van der Waals surface area contributed by atoms with Crippen molar-refractivity contribution in [2.24, 2.45) is 0 Å². The summed E-state index contributed by atoms with van der Waals surface area (Å²) >= 11 is 1.20. The summed E-state index contributed by atoms with van der Waals surface area (Å²) in [5, 5.41) is 2.58. The smallest absolute Gasteiger partial charge is 0.283 e. The number of rotatable bonds is 5. The number of hydrogen-bond donors (Lipinski definition) is 1. The first-order valence-corrected chi connectivity index (χ1v) is 8.98. The van der Waals surface area contributed by atoms with Crippen LogP contribution in [0.2, 0.25) is 0 Å². The van der Waals surface area contributed by atoms with Crippen LogP contribution in [-0.4, -0.2) is 12.3 Å². The van der Waals surface area contributed by atoms with Crippen LogP contribution in [0.25, 0.3) is 0 Å². The van der Waals surface area contributed by atoms with Gasteiger partial charge in [0.05, 0.1) is 0 Å². The number of carbonyl (C=O) groups excluding carboxylic acids is 1. The standard InChI is InChI=1S/C20H25NO2S/c1-6-16-10-15(4)18(11-14(16)3)23-12-17-13(2)8-7-9-19(17)24-20(22)21-5/h7-11H,6,12H2,1-5H3,(H,21,22). The molecule has 0 aliphatic heterocycles. The molecule has 4 heteroatoms. The van der Waals surface area contributed by atoms with Crippen LogP contribution in [0.15, 0.2) is 35.2 Å². The number of ether oxygens (including phenoxy) is 1. The van der Waals surface area contributed by atoms with Crippen LogP contribution in [0.3, 0.4) is 0 Å². The highest BCUT2D eigenvalue weighted by Gasteiger charge is 2.12. The van der Waals surface area contributed by atoms with E-state index in [1.54, 1.807) is 7.05 Å². The molecule has 128 valence electrons. The number of nitrogens with one attached hydrogen (secondary N) is 1. The molecule has 2 aromatic rings. The van der Waals surface area contributed by atoms with E-state index in [1.807, 2.05) is 25.1 Å². The number of hydrogen-bond acceptors (Lipinski definition) is 3. The van der Waals surface area contributed by atoms with Gasteiger partial charge in [0.1, 0.15) is 12.4 Å². The summed E-state index contributed by atoms with van der Waals surface area (Å²) in [6, 6.07) is 10.3. The second kappa shape index (κ2) is 8.25. The molecule has 1 N–H and O–H groups in total. The van der Waals surface area contributed by atoms with E-state index in [-0.39, 0.29) is 5.24 Å². The fourth-order valence-corrected chi connectivity index (χ4v) is 3.43. The van der Waals surface area contributed by atoms with Gasteiger partial charge in [-0.15, -0.1) is 0 Å². The minimum Gasteiger partial charge on any atom is -0.489 e. The van der Waals surface area contributed by atoms with Gasteiger partial charge in [0, 0.05) is 17.5 Å². The topological polar surface area (TPSA) is 38.3 Å². The fraction of sp³-hybridized carbons (Fsp3) is 0.350. The maximum atomic E-state index is 11.7. The van der Waals surface area contributed by atoms with Gasteiger partial charge in [-0.2, -0.15) is 0 Å². The Morgan fingerprint density at radius 2 is 1.88 bits per heavy atom. The summed E-state index contributed by atoms with van der Waals surface area (Å²) in [5.74, 6) is 0.906. The highest BCUT2D eigenvalue weighted by Crippen LogP contribution is 2.29. The van der Waals surface area contributed by atoms with Crippen molar-refractivity contribution in [3.63, 3.8) is 0 Å². The maximum absolute atomic E-state index is 11.7. The van der Waals surface area contributed by atoms with Crippen LogP contribution in [-0.2, 0) is 13.0 Å². The lowest BCUT2D eigenvalue weighted by atomic mass is 10.0. The first-order chi connectivity index (χ1) is 11.5. The van der Waals surface area contributed by atoms with Crippen LogP contribution in [0.4, 0.5) is 4.79 Å². The minimum absolute atomic E-state index is 0.0684. The van der Waals surface area contributed by atoms with Crippen molar-refractivity contribution in [3.05, 3.63) is 58.1 Å². The number of aryl methyl sites for hydroxylation is 4. The highest BCUT2D eigenvalue weighted by molar-refractivity contribution is 8.13. The zero-order valence-corrected chi connectivity index (χ0v) is 15.8. The molecule has 0 fully saturated rings. The predicted octanol–water partition coefficient (Wildman–Crippen LogP) is 5.18. The first kappa shape index (κ1) is 18.4. The van der Waals surface area contributed by atoms with Gasteiger partial charge in [0.15, 0.2) is 0 Å². The van der Waals surface area contributed by atoms with Gasteiger partial charge in [-0.3, -0.25) is 4.79 Å². The predicted molar refractivity (Wildman–Crippen MR) is 101 cm³/mol. The molecule has 2 rings (SSSR count). The largest absolute Gasteiger partial charge is 0.489 e. The molecule has 0 unspecified atom stereocenters. The summed E-state index contributed by atoms with van der Waals surface area (Å²) < 4.78 is 6.09. The van der Waals surface area contributed by atoms with E-state index in [2.05, 4.69) is 38.2 Å². The van der Waals surface area contributed by atoms with Crippen molar-refractivity contribution in [2.75, 3.05) is 7.05 Å². The van der Waals surface area contributed by atoms with Gasteiger partial charge in [-0.1, -0.05) is 25.1 Å². The van der Waals surface area contributed by atoms with Crippen molar-refractivity contribution in [1.29, 1.82) is 0 Å². The number of amides is 1. The minimum atomic E-state index is -0.0684. The Balaban J connectivity index is 2.23. The molecule has 24 heavy (non-hydrogen) atoms. The van der Waals surface area contributed by atoms with Gasteiger partial charge in [0.25, 0.3) is 5.24 Å². The Bertz CT molecular complexity index is 741. The molecule has 0 spiro atoms. The molecule has 2 aromatic carbocycles. The van der Waals surface area contributed by atoms with Gasteiger partial charge >= 0.3 is 0 Å². The van der Waals surface area contributed by atoms with Gasteiger partial charge in [0.2, 0.25) is 0 Å². The summed E-state index contributed by atoms with van der Waals surface area (Å²) in [6.07, 6.45) is 1.03. The van der Waals surface area contributed by atoms with Crippen LogP contribution in [0.1, 0.15) is 34.7 Å². The summed E-state index contributed by atoms with van der Waals surface area (Å²) in [6.45, 7) is 8.86. The average molecular weight is 343 g/mol. The zero-order chi connectivity index (χ0) is 17.7. The van der Waals surface area contributed by atoms with Gasteiger partial charge < -0.3 is 10.1 Å². The second-order valence-electron chi connectivity index (χ2n) is 5.88. The molecule has 1 amide bonds. The molecule has 0 aliphatic rings. The summed E-state index contributed by atoms with van der Waals surface area (Å²) in [7, 11) is 1.64. The van der Waals surface area contributed by atoms with E-state index in [4.69, 9.17) is 4.74 Å². The number of benzene rings is 2. The molecular formula is C20H25NO2S. The Labute approximate surface area is 148 Å². The molecule has 0 radical (unpaired) electrons. The van der Waals surface area contributed by atoms with Crippen molar-refractivity contribution in [3.8, 4) is 5.75 Å². The van der Waals surface area contributed by atoms with Crippen molar-refractivity contribution in [2.45, 2.75) is 45.6 Å². The van der Waals surface area contributed by atoms with Crippen molar-refractivity contribution < 1.29 is 9.53 Å². The molecule has 0 saturated carbocycles. The van der Waals surface area contributed by atoms with E-state index in [9.17, 15) is 4.79 Å². The molecule has 0 heterocycles. The second-order valence-corrected chi connectivity index (χ2v) is 6.89. The zero-order valence-electron chi connectivity index (χ0n) is 15.0. The number of carbonyl (C=O) groups is 1. The lowest BCUT2D eigenvalue weighted by Gasteiger charge is -2.16. The summed E-state index contributed by atoms with van der Waals surface area (Å²) in [4.78, 5) is 12.6. The lowest BCUT2D eigenvalue weighted by Crippen LogP contribution is -2.12. The molecular weight excluding hydrogens is 318 g/mol. The SMILES string of the molecule is CCc1cc(C)c(OCc2c(C)cccc2SC(=O)NC)cc1C. The lowest BCUT2D eigenvalue weighted by molar-refractivity contribution is 0.262. The van der Waals surface area contributed by atoms with E-state index < -0.39 is 0 Å². The molecule has 3 nitrogen and oxygen atoms in total. The third kappa shape index (κ3) is 4.32. The first-order valence-electron chi connectivity index (χ1n) is 8.17. The van der Waals surface area contributed by atoms with E-state index in [0.29, 0.717) is 6.61 Å². The summed E-state index contributed by atoms with van der Waals surface area (Å²) in [5.41, 5.74) is 5.94. The number of thioether (sulfide) groups is 1. The Morgan fingerprint density at radius 3 is 2.54 bits per heavy atom. The highest BCUT2D eigenvalue weighted by atomic mass is 32.2. The van der Waals surface area contributed by atoms with Crippen LogP contribution in [0.5, 0.6) is 5.75 Å². The van der Waals surface area contributed by atoms with E-state index in [1.165, 1.54) is 22.9 Å². The average Bonchev–Trinajstić information content (AvgIpc) is 2.56. The molecule has 0 aliphatic carbocycles. The molecule has 0 aromatic heterocycles. The third-order valence-corrected chi connectivity index (χ3v) is 5.15. The molecule has 0 saturated heterocycles.